The lowest BCUT2D eigenvalue weighted by Crippen LogP contribution is -2.14. The largest absolute Gasteiger partial charge is 0.0616 e. The monoisotopic (exact) mass is 824 g/mol. The Morgan fingerprint density at radius 2 is 0.594 bits per heavy atom. The van der Waals surface area contributed by atoms with Crippen LogP contribution in [0.15, 0.2) is 146 Å². The minimum atomic E-state index is 0.0639. The predicted molar refractivity (Wildman–Crippen MR) is 276 cm³/mol. The molecule has 0 bridgehead atoms. The summed E-state index contributed by atoms with van der Waals surface area (Å²) < 4.78 is 0. The molecule has 12 rings (SSSR count). The minimum Gasteiger partial charge on any atom is -0.0616 e. The molecule has 0 radical (unpaired) electrons. The van der Waals surface area contributed by atoms with E-state index in [0.29, 0.717) is 0 Å². The van der Waals surface area contributed by atoms with Crippen LogP contribution < -0.4 is 0 Å². The van der Waals surface area contributed by atoms with Crippen molar-refractivity contribution >= 4 is 53.9 Å². The topological polar surface area (TPSA) is 0 Å². The number of aryl methyl sites for hydroxylation is 4. The van der Waals surface area contributed by atoms with Crippen molar-refractivity contribution in [3.8, 4) is 22.3 Å². The summed E-state index contributed by atoms with van der Waals surface area (Å²) in [7, 11) is 0. The molecule has 0 N–H and O–H groups in total. The number of hydrogen-bond acceptors (Lipinski definition) is 0. The van der Waals surface area contributed by atoms with E-state index >= 15 is 0 Å². The van der Waals surface area contributed by atoms with Gasteiger partial charge in [0.25, 0.3) is 0 Å². The molecule has 64 heavy (non-hydrogen) atoms. The highest BCUT2D eigenvalue weighted by molar-refractivity contribution is 6.21. The van der Waals surface area contributed by atoms with Crippen molar-refractivity contribution in [1.29, 1.82) is 0 Å². The molecule has 0 aromatic heterocycles. The Morgan fingerprint density at radius 3 is 0.906 bits per heavy atom. The van der Waals surface area contributed by atoms with Crippen molar-refractivity contribution < 1.29 is 0 Å². The van der Waals surface area contributed by atoms with Gasteiger partial charge in [-0.15, -0.1) is 0 Å². The number of hydrogen-bond donors (Lipinski definition) is 0. The fourth-order valence-electron chi connectivity index (χ4n) is 12.4. The Balaban J connectivity index is 1.21. The van der Waals surface area contributed by atoms with Crippen LogP contribution in [0.2, 0.25) is 0 Å². The third-order valence-electron chi connectivity index (χ3n) is 15.4. The van der Waals surface area contributed by atoms with Gasteiger partial charge in [0.1, 0.15) is 0 Å². The molecule has 0 aliphatic heterocycles. The molecule has 0 spiro atoms. The second-order valence-corrected chi connectivity index (χ2v) is 21.4. The zero-order valence-electron chi connectivity index (χ0n) is 39.0. The Bertz CT molecular complexity index is 3380. The zero-order valence-corrected chi connectivity index (χ0v) is 39.0. The second-order valence-electron chi connectivity index (χ2n) is 21.4. The second kappa shape index (κ2) is 13.5. The lowest BCUT2D eigenvalue weighted by atomic mass is 9.77. The number of benzene rings is 10. The lowest BCUT2D eigenvalue weighted by molar-refractivity contribution is 0.588. The van der Waals surface area contributed by atoms with E-state index < -0.39 is 0 Å². The average Bonchev–Trinajstić information content (AvgIpc) is 3.76. The molecule has 0 amide bonds. The van der Waals surface area contributed by atoms with Crippen LogP contribution in [0.3, 0.4) is 0 Å². The van der Waals surface area contributed by atoms with Gasteiger partial charge in [-0.25, -0.2) is 0 Å². The Kier molecular flexibility index (Phi) is 8.26. The van der Waals surface area contributed by atoms with E-state index in [-0.39, 0.29) is 22.7 Å². The van der Waals surface area contributed by atoms with Crippen molar-refractivity contribution in [2.24, 2.45) is 0 Å². The highest BCUT2D eigenvalue weighted by atomic mass is 14.4. The van der Waals surface area contributed by atoms with E-state index in [2.05, 4.69) is 215 Å². The van der Waals surface area contributed by atoms with E-state index in [9.17, 15) is 0 Å². The summed E-state index contributed by atoms with van der Waals surface area (Å²) in [5.74, 6) is 0.199. The van der Waals surface area contributed by atoms with E-state index in [1.807, 2.05) is 0 Å². The first-order chi connectivity index (χ1) is 30.7. The molecule has 0 saturated carbocycles. The summed E-state index contributed by atoms with van der Waals surface area (Å²) >= 11 is 0. The summed E-state index contributed by atoms with van der Waals surface area (Å²) in [6, 6.07) is 56.9. The quantitative estimate of drug-likeness (QED) is 0.152. The molecule has 10 aromatic carbocycles. The maximum absolute atomic E-state index is 2.60. The van der Waals surface area contributed by atoms with Crippen LogP contribution in [0, 0.1) is 27.7 Å². The van der Waals surface area contributed by atoms with Crippen LogP contribution in [-0.4, -0.2) is 0 Å². The van der Waals surface area contributed by atoms with Crippen LogP contribution in [0.25, 0.3) is 76.1 Å². The van der Waals surface area contributed by atoms with Crippen LogP contribution in [0.4, 0.5) is 0 Å². The fourth-order valence-corrected chi connectivity index (χ4v) is 12.4. The van der Waals surface area contributed by atoms with Gasteiger partial charge in [-0.1, -0.05) is 163 Å². The van der Waals surface area contributed by atoms with Crippen molar-refractivity contribution in [2.75, 3.05) is 0 Å². The Hall–Kier alpha value is -6.50. The zero-order chi connectivity index (χ0) is 44.1. The van der Waals surface area contributed by atoms with E-state index in [0.717, 1.165) is 0 Å². The maximum Gasteiger partial charge on any atom is 0.0364 e. The Labute approximate surface area is 378 Å². The van der Waals surface area contributed by atoms with Crippen molar-refractivity contribution in [3.05, 3.63) is 212 Å². The van der Waals surface area contributed by atoms with Gasteiger partial charge in [-0.05, 0) is 206 Å². The molecule has 2 atom stereocenters. The van der Waals surface area contributed by atoms with Gasteiger partial charge in [0, 0.05) is 11.8 Å². The molecule has 2 aliphatic carbocycles. The first kappa shape index (κ1) is 39.1. The normalized spacial score (nSPS) is 15.7. The summed E-state index contributed by atoms with van der Waals surface area (Å²) in [5, 5.41) is 13.4. The maximum atomic E-state index is 2.60. The van der Waals surface area contributed by atoms with E-state index in [1.165, 1.54) is 143 Å². The molecule has 10 aromatic rings. The van der Waals surface area contributed by atoms with E-state index in [4.69, 9.17) is 0 Å². The minimum absolute atomic E-state index is 0.0639. The van der Waals surface area contributed by atoms with Crippen molar-refractivity contribution in [3.63, 3.8) is 0 Å². The van der Waals surface area contributed by atoms with Gasteiger partial charge in [0.05, 0.1) is 0 Å². The van der Waals surface area contributed by atoms with Gasteiger partial charge in [0.2, 0.25) is 0 Å². The van der Waals surface area contributed by atoms with Crippen LogP contribution in [0.1, 0.15) is 120 Å². The predicted octanol–water partition coefficient (Wildman–Crippen LogP) is 17.6. The smallest absolute Gasteiger partial charge is 0.0364 e. The van der Waals surface area contributed by atoms with Gasteiger partial charge in [-0.2, -0.15) is 0 Å². The molecular formula is C64H56. The fraction of sp³-hybridized carbons (Fsp3) is 0.219. The Morgan fingerprint density at radius 1 is 0.312 bits per heavy atom. The van der Waals surface area contributed by atoms with Crippen LogP contribution in [-0.2, 0) is 10.8 Å². The molecule has 2 unspecified atom stereocenters. The molecular weight excluding hydrogens is 769 g/mol. The molecule has 0 nitrogen and oxygen atoms in total. The highest BCUT2D eigenvalue weighted by Gasteiger charge is 2.39. The standard InChI is InChI=1S/C64H56/c1-35-27-41(63(5,6)7)28-36(2)55(35)61-53-33-39-32-52-54(34-40(39)31-51(53)57-47-23-15-11-19-43(47)45-21-13-17-25-49(45)59(57)61)62(56-37(3)29-42(30-38(56)4)64(8,9)10)60-50-26-18-14-22-46(50)44-20-12-16-24-48(44)58(52)60/h11-34,61-62H,1-10H3. The molecule has 0 heteroatoms. The molecule has 0 saturated heterocycles. The first-order valence-corrected chi connectivity index (χ1v) is 23.4. The summed E-state index contributed by atoms with van der Waals surface area (Å²) in [6.07, 6.45) is 0. The summed E-state index contributed by atoms with van der Waals surface area (Å²) in [6.45, 7) is 23.5. The van der Waals surface area contributed by atoms with Gasteiger partial charge in [0.15, 0.2) is 0 Å². The number of rotatable bonds is 2. The van der Waals surface area contributed by atoms with Crippen LogP contribution in [0.5, 0.6) is 0 Å². The van der Waals surface area contributed by atoms with Gasteiger partial charge in [-0.3, -0.25) is 0 Å². The molecule has 2 aliphatic rings. The van der Waals surface area contributed by atoms with E-state index in [1.54, 1.807) is 0 Å². The molecule has 312 valence electrons. The number of fused-ring (bicyclic) bond motifs is 17. The summed E-state index contributed by atoms with van der Waals surface area (Å²) in [4.78, 5) is 0. The highest BCUT2D eigenvalue weighted by Crippen LogP contribution is 2.59. The van der Waals surface area contributed by atoms with Crippen molar-refractivity contribution in [2.45, 2.75) is 91.9 Å². The third kappa shape index (κ3) is 5.48. The first-order valence-electron chi connectivity index (χ1n) is 23.4. The molecule has 0 heterocycles. The average molecular weight is 825 g/mol. The van der Waals surface area contributed by atoms with Gasteiger partial charge < -0.3 is 0 Å². The van der Waals surface area contributed by atoms with Gasteiger partial charge >= 0.3 is 0 Å². The van der Waals surface area contributed by atoms with Crippen LogP contribution >= 0.6 is 0 Å². The van der Waals surface area contributed by atoms with Crippen molar-refractivity contribution in [1.82, 2.24) is 0 Å². The third-order valence-corrected chi connectivity index (χ3v) is 15.4. The SMILES string of the molecule is Cc1cc(C(C)(C)C)cc(C)c1C1c2cc3cc4c(cc3cc2-c2c1c1ccccc1c1ccccc21)C(c1c(C)cc(C(C)(C)C)cc1C)c1c-4c2ccccc2c2ccccc12. The summed E-state index contributed by atoms with van der Waals surface area (Å²) in [5.41, 5.74) is 22.6. The molecule has 0 fully saturated rings. The lowest BCUT2D eigenvalue weighted by Gasteiger charge is -2.26.